The van der Waals surface area contributed by atoms with Gasteiger partial charge in [0, 0.05) is 16.5 Å². The third-order valence-corrected chi connectivity index (χ3v) is 4.17. The van der Waals surface area contributed by atoms with Gasteiger partial charge in [0.25, 0.3) is 0 Å². The average Bonchev–Trinajstić information content (AvgIpc) is 2.41. The number of carboxylic acid groups (broad SMARTS) is 1. The molecule has 0 bridgehead atoms. The largest absolute Gasteiger partial charge is 0.480 e. The Morgan fingerprint density at radius 3 is 2.81 bits per heavy atom. The first-order valence-electron chi connectivity index (χ1n) is 6.09. The van der Waals surface area contributed by atoms with Crippen LogP contribution in [0.25, 0.3) is 0 Å². The van der Waals surface area contributed by atoms with Crippen molar-refractivity contribution in [2.45, 2.75) is 17.1 Å². The molecule has 1 rings (SSSR count). The van der Waals surface area contributed by atoms with Gasteiger partial charge in [0.1, 0.15) is 6.61 Å². The van der Waals surface area contributed by atoms with Gasteiger partial charge in [0.05, 0.1) is 16.9 Å². The minimum atomic E-state index is -1.04. The first-order valence-corrected chi connectivity index (χ1v) is 7.72. The molecule has 0 heterocycles. The second-order valence-electron chi connectivity index (χ2n) is 4.07. The number of ether oxygens (including phenoxy) is 1. The van der Waals surface area contributed by atoms with E-state index in [0.29, 0.717) is 10.0 Å². The summed E-state index contributed by atoms with van der Waals surface area (Å²) in [7, 11) is 0. The van der Waals surface area contributed by atoms with Gasteiger partial charge >= 0.3 is 5.97 Å². The normalized spacial score (nSPS) is 12.0. The molecule has 0 aliphatic rings. The van der Waals surface area contributed by atoms with E-state index in [1.54, 1.807) is 25.1 Å². The van der Waals surface area contributed by atoms with Gasteiger partial charge in [-0.3, -0.25) is 4.79 Å². The van der Waals surface area contributed by atoms with E-state index in [-0.39, 0.29) is 30.9 Å². The summed E-state index contributed by atoms with van der Waals surface area (Å²) in [6, 6.07) is 5.06. The molecular weight excluding hydrogens is 337 g/mol. The Balaban J connectivity index is 2.37. The van der Waals surface area contributed by atoms with Crippen LogP contribution < -0.4 is 5.32 Å². The highest BCUT2D eigenvalue weighted by Gasteiger charge is 2.15. The Labute approximate surface area is 136 Å². The molecule has 0 saturated heterocycles. The van der Waals surface area contributed by atoms with Gasteiger partial charge in [-0.25, -0.2) is 4.79 Å². The van der Waals surface area contributed by atoms with Gasteiger partial charge in [0.15, 0.2) is 0 Å². The lowest BCUT2D eigenvalue weighted by atomic mass is 10.4. The second kappa shape index (κ2) is 9.15. The predicted molar refractivity (Wildman–Crippen MR) is 83.2 cm³/mol. The number of aliphatic carboxylic acids is 1. The quantitative estimate of drug-likeness (QED) is 0.556. The van der Waals surface area contributed by atoms with Crippen LogP contribution in [0, 0.1) is 0 Å². The maximum absolute atomic E-state index is 11.9. The van der Waals surface area contributed by atoms with E-state index in [4.69, 9.17) is 33.0 Å². The second-order valence-corrected chi connectivity index (χ2v) is 6.30. The summed E-state index contributed by atoms with van der Waals surface area (Å²) in [4.78, 5) is 22.8. The number of halogens is 2. The molecule has 2 N–H and O–H groups in total. The number of hydrogen-bond acceptors (Lipinski definition) is 4. The summed E-state index contributed by atoms with van der Waals surface area (Å²) < 4.78 is 4.82. The standard InChI is InChI=1S/C13H15Cl2NO4S/c1-8(13(19)16-4-5-20-7-12(17)18)21-11-6-9(14)2-3-10(11)15/h2-3,6,8H,4-5,7H2,1H3,(H,16,19)(H,17,18). The van der Waals surface area contributed by atoms with Crippen molar-refractivity contribution in [2.24, 2.45) is 0 Å². The molecule has 21 heavy (non-hydrogen) atoms. The summed E-state index contributed by atoms with van der Waals surface area (Å²) in [5.74, 6) is -1.23. The van der Waals surface area contributed by atoms with Crippen molar-refractivity contribution in [3.05, 3.63) is 28.2 Å². The molecule has 5 nitrogen and oxygen atoms in total. The predicted octanol–water partition coefficient (Wildman–Crippen LogP) is 2.69. The van der Waals surface area contributed by atoms with Crippen LogP contribution in [0.4, 0.5) is 0 Å². The van der Waals surface area contributed by atoms with Gasteiger partial charge < -0.3 is 15.2 Å². The Bertz CT molecular complexity index is 513. The van der Waals surface area contributed by atoms with Crippen LogP contribution in [0.1, 0.15) is 6.92 Å². The zero-order valence-electron chi connectivity index (χ0n) is 11.3. The average molecular weight is 352 g/mol. The number of nitrogens with one attached hydrogen (secondary N) is 1. The number of carbonyl (C=O) groups is 2. The molecule has 0 aromatic heterocycles. The first kappa shape index (κ1) is 18.1. The maximum Gasteiger partial charge on any atom is 0.329 e. The van der Waals surface area contributed by atoms with E-state index in [1.165, 1.54) is 11.8 Å². The van der Waals surface area contributed by atoms with Crippen LogP contribution in [0.2, 0.25) is 10.0 Å². The Morgan fingerprint density at radius 1 is 1.43 bits per heavy atom. The van der Waals surface area contributed by atoms with Crippen LogP contribution in [0.15, 0.2) is 23.1 Å². The van der Waals surface area contributed by atoms with Crippen molar-refractivity contribution in [1.29, 1.82) is 0 Å². The number of carbonyl (C=O) groups excluding carboxylic acids is 1. The molecule has 1 atom stereocenters. The Kier molecular flexibility index (Phi) is 7.88. The van der Waals surface area contributed by atoms with Crippen molar-refractivity contribution < 1.29 is 19.4 Å². The summed E-state index contributed by atoms with van der Waals surface area (Å²) in [6.07, 6.45) is 0. The molecule has 0 fully saturated rings. The zero-order chi connectivity index (χ0) is 15.8. The monoisotopic (exact) mass is 351 g/mol. The summed E-state index contributed by atoms with van der Waals surface area (Å²) in [5.41, 5.74) is 0. The SMILES string of the molecule is CC(Sc1cc(Cl)ccc1Cl)C(=O)NCCOCC(=O)O. The van der Waals surface area contributed by atoms with E-state index in [1.807, 2.05) is 0 Å². The molecule has 0 aliphatic carbocycles. The first-order chi connectivity index (χ1) is 9.90. The van der Waals surface area contributed by atoms with Gasteiger partial charge in [0.2, 0.25) is 5.91 Å². The summed E-state index contributed by atoms with van der Waals surface area (Å²) >= 11 is 13.2. The van der Waals surface area contributed by atoms with Crippen LogP contribution in [0.3, 0.4) is 0 Å². The number of carboxylic acids is 1. The molecule has 1 aromatic carbocycles. The fourth-order valence-corrected chi connectivity index (χ4v) is 2.80. The topological polar surface area (TPSA) is 75.6 Å². The van der Waals surface area contributed by atoms with Crippen molar-refractivity contribution >= 4 is 46.8 Å². The van der Waals surface area contributed by atoms with Crippen molar-refractivity contribution in [3.63, 3.8) is 0 Å². The van der Waals surface area contributed by atoms with Crippen molar-refractivity contribution in [1.82, 2.24) is 5.32 Å². The third kappa shape index (κ3) is 7.04. The highest BCUT2D eigenvalue weighted by molar-refractivity contribution is 8.00. The number of amides is 1. The molecule has 0 radical (unpaired) electrons. The zero-order valence-corrected chi connectivity index (χ0v) is 13.6. The lowest BCUT2D eigenvalue weighted by molar-refractivity contribution is -0.142. The summed E-state index contributed by atoms with van der Waals surface area (Å²) in [5, 5.41) is 11.8. The van der Waals surface area contributed by atoms with E-state index >= 15 is 0 Å². The molecule has 1 aromatic rings. The van der Waals surface area contributed by atoms with Gasteiger partial charge in [-0.05, 0) is 25.1 Å². The molecule has 0 saturated carbocycles. The molecule has 0 spiro atoms. The molecular formula is C13H15Cl2NO4S. The molecule has 1 amide bonds. The van der Waals surface area contributed by atoms with E-state index in [9.17, 15) is 9.59 Å². The Morgan fingerprint density at radius 2 is 2.14 bits per heavy atom. The molecule has 0 aliphatic heterocycles. The van der Waals surface area contributed by atoms with E-state index in [0.717, 1.165) is 4.90 Å². The van der Waals surface area contributed by atoms with Gasteiger partial charge in [-0.1, -0.05) is 23.2 Å². The lowest BCUT2D eigenvalue weighted by Gasteiger charge is -2.13. The summed E-state index contributed by atoms with van der Waals surface area (Å²) in [6.45, 7) is 1.77. The van der Waals surface area contributed by atoms with Crippen LogP contribution in [-0.4, -0.2) is 42.0 Å². The fourth-order valence-electron chi connectivity index (χ4n) is 1.36. The third-order valence-electron chi connectivity index (χ3n) is 2.34. The number of rotatable bonds is 8. The maximum atomic E-state index is 11.9. The number of thioether (sulfide) groups is 1. The van der Waals surface area contributed by atoms with Crippen LogP contribution in [0.5, 0.6) is 0 Å². The minimum Gasteiger partial charge on any atom is -0.480 e. The van der Waals surface area contributed by atoms with Crippen molar-refractivity contribution in [3.8, 4) is 0 Å². The minimum absolute atomic E-state index is 0.146. The molecule has 1 unspecified atom stereocenters. The van der Waals surface area contributed by atoms with Crippen molar-refractivity contribution in [2.75, 3.05) is 19.8 Å². The van der Waals surface area contributed by atoms with E-state index < -0.39 is 5.97 Å². The highest BCUT2D eigenvalue weighted by atomic mass is 35.5. The highest BCUT2D eigenvalue weighted by Crippen LogP contribution is 2.32. The van der Waals surface area contributed by atoms with Gasteiger partial charge in [-0.2, -0.15) is 0 Å². The smallest absolute Gasteiger partial charge is 0.329 e. The van der Waals surface area contributed by atoms with Crippen LogP contribution >= 0.6 is 35.0 Å². The number of hydrogen-bond donors (Lipinski definition) is 2. The van der Waals surface area contributed by atoms with Crippen LogP contribution in [-0.2, 0) is 14.3 Å². The fraction of sp³-hybridized carbons (Fsp3) is 0.385. The lowest BCUT2D eigenvalue weighted by Crippen LogP contribution is -2.33. The van der Waals surface area contributed by atoms with Gasteiger partial charge in [-0.15, -0.1) is 11.8 Å². The van der Waals surface area contributed by atoms with E-state index in [2.05, 4.69) is 5.32 Å². The molecule has 8 heteroatoms. The molecule has 116 valence electrons. The number of benzene rings is 1. The Hall–Kier alpha value is -0.950.